The van der Waals surface area contributed by atoms with Crippen molar-refractivity contribution in [2.75, 3.05) is 13.1 Å². The summed E-state index contributed by atoms with van der Waals surface area (Å²) < 4.78 is 14.4. The van der Waals surface area contributed by atoms with Gasteiger partial charge in [-0.3, -0.25) is 4.79 Å². The standard InChI is InChI=1S/C13H16BrFN2O/c1-8-9(2)17(6-5-16-8)13(18)11-7-10(14)3-4-12(11)15/h3-4,7-9,16H,5-6H2,1-2H3. The second-order valence-electron chi connectivity index (χ2n) is 4.61. The number of benzene rings is 1. The van der Waals surface area contributed by atoms with Crippen LogP contribution in [0.2, 0.25) is 0 Å². The van der Waals surface area contributed by atoms with Gasteiger partial charge in [-0.05, 0) is 32.0 Å². The van der Waals surface area contributed by atoms with Gasteiger partial charge in [-0.15, -0.1) is 0 Å². The van der Waals surface area contributed by atoms with Crippen molar-refractivity contribution in [2.45, 2.75) is 25.9 Å². The highest BCUT2D eigenvalue weighted by molar-refractivity contribution is 9.10. The first-order valence-corrected chi connectivity index (χ1v) is 6.79. The van der Waals surface area contributed by atoms with Crippen LogP contribution in [0.5, 0.6) is 0 Å². The molecule has 1 aromatic rings. The second-order valence-corrected chi connectivity index (χ2v) is 5.52. The molecule has 1 N–H and O–H groups in total. The van der Waals surface area contributed by atoms with Crippen LogP contribution >= 0.6 is 15.9 Å². The minimum Gasteiger partial charge on any atom is -0.333 e. The maximum absolute atomic E-state index is 13.7. The van der Waals surface area contributed by atoms with E-state index in [0.717, 1.165) is 6.54 Å². The third kappa shape index (κ3) is 2.57. The number of hydrogen-bond donors (Lipinski definition) is 1. The monoisotopic (exact) mass is 314 g/mol. The molecule has 1 fully saturated rings. The van der Waals surface area contributed by atoms with Crippen molar-refractivity contribution in [1.29, 1.82) is 0 Å². The number of hydrogen-bond acceptors (Lipinski definition) is 2. The van der Waals surface area contributed by atoms with E-state index in [1.54, 1.807) is 11.0 Å². The number of halogens is 2. The number of carbonyl (C=O) groups excluding carboxylic acids is 1. The number of carbonyl (C=O) groups is 1. The van der Waals surface area contributed by atoms with E-state index in [4.69, 9.17) is 0 Å². The molecule has 1 heterocycles. The molecule has 1 aliphatic rings. The molecule has 2 atom stereocenters. The Morgan fingerprint density at radius 3 is 2.94 bits per heavy atom. The Morgan fingerprint density at radius 1 is 1.50 bits per heavy atom. The number of nitrogens with zero attached hydrogens (tertiary/aromatic N) is 1. The summed E-state index contributed by atoms with van der Waals surface area (Å²) in [6.45, 7) is 5.36. The molecule has 2 rings (SSSR count). The fourth-order valence-electron chi connectivity index (χ4n) is 2.16. The minimum absolute atomic E-state index is 0.0598. The third-order valence-electron chi connectivity index (χ3n) is 3.45. The molecule has 0 saturated carbocycles. The smallest absolute Gasteiger partial charge is 0.257 e. The predicted molar refractivity (Wildman–Crippen MR) is 72.1 cm³/mol. The highest BCUT2D eigenvalue weighted by Crippen LogP contribution is 2.20. The first-order valence-electron chi connectivity index (χ1n) is 6.00. The van der Waals surface area contributed by atoms with E-state index < -0.39 is 5.82 Å². The molecule has 1 amide bonds. The molecular formula is C13H16BrFN2O. The van der Waals surface area contributed by atoms with Gasteiger partial charge in [-0.2, -0.15) is 0 Å². The van der Waals surface area contributed by atoms with Crippen LogP contribution in [0.25, 0.3) is 0 Å². The Balaban J connectivity index is 2.27. The quantitative estimate of drug-likeness (QED) is 0.863. The summed E-state index contributed by atoms with van der Waals surface area (Å²) >= 11 is 3.27. The molecule has 18 heavy (non-hydrogen) atoms. The Labute approximate surface area is 114 Å². The van der Waals surface area contributed by atoms with Crippen molar-refractivity contribution in [1.82, 2.24) is 10.2 Å². The van der Waals surface area contributed by atoms with Crippen molar-refractivity contribution in [3.05, 3.63) is 34.1 Å². The van der Waals surface area contributed by atoms with Crippen molar-refractivity contribution in [3.8, 4) is 0 Å². The summed E-state index contributed by atoms with van der Waals surface area (Å²) in [6.07, 6.45) is 0. The Kier molecular flexibility index (Phi) is 4.02. The molecular weight excluding hydrogens is 299 g/mol. The normalized spacial score (nSPS) is 24.1. The molecule has 0 aromatic heterocycles. The minimum atomic E-state index is -0.471. The maximum atomic E-state index is 13.7. The Morgan fingerprint density at radius 2 is 2.22 bits per heavy atom. The van der Waals surface area contributed by atoms with Gasteiger partial charge in [-0.25, -0.2) is 4.39 Å². The van der Waals surface area contributed by atoms with Gasteiger partial charge in [0.15, 0.2) is 0 Å². The van der Waals surface area contributed by atoms with Gasteiger partial charge in [-0.1, -0.05) is 15.9 Å². The zero-order chi connectivity index (χ0) is 13.3. The summed E-state index contributed by atoms with van der Waals surface area (Å²) in [6, 6.07) is 4.73. The lowest BCUT2D eigenvalue weighted by atomic mass is 10.1. The summed E-state index contributed by atoms with van der Waals surface area (Å²) in [5, 5.41) is 3.30. The molecule has 0 radical (unpaired) electrons. The molecule has 1 saturated heterocycles. The Bertz CT molecular complexity index is 466. The topological polar surface area (TPSA) is 32.3 Å². The van der Waals surface area contributed by atoms with E-state index in [-0.39, 0.29) is 23.6 Å². The van der Waals surface area contributed by atoms with Gasteiger partial charge in [0, 0.05) is 29.6 Å². The molecule has 1 aromatic carbocycles. The van der Waals surface area contributed by atoms with Gasteiger partial charge in [0.25, 0.3) is 5.91 Å². The highest BCUT2D eigenvalue weighted by Gasteiger charge is 2.29. The average molecular weight is 315 g/mol. The lowest BCUT2D eigenvalue weighted by Crippen LogP contribution is -2.57. The van der Waals surface area contributed by atoms with Crippen LogP contribution in [0.1, 0.15) is 24.2 Å². The van der Waals surface area contributed by atoms with E-state index in [9.17, 15) is 9.18 Å². The van der Waals surface area contributed by atoms with Gasteiger partial charge >= 0.3 is 0 Å². The maximum Gasteiger partial charge on any atom is 0.257 e. The van der Waals surface area contributed by atoms with Crippen LogP contribution in [0, 0.1) is 5.82 Å². The van der Waals surface area contributed by atoms with Crippen molar-refractivity contribution in [2.24, 2.45) is 0 Å². The SMILES string of the molecule is CC1NCCN(C(=O)c2cc(Br)ccc2F)C1C. The predicted octanol–water partition coefficient (Wildman–Crippen LogP) is 2.41. The lowest BCUT2D eigenvalue weighted by molar-refractivity contribution is 0.0598. The van der Waals surface area contributed by atoms with E-state index in [1.165, 1.54) is 12.1 Å². The van der Waals surface area contributed by atoms with Crippen LogP contribution < -0.4 is 5.32 Å². The first-order chi connectivity index (χ1) is 8.50. The molecule has 0 spiro atoms. The first kappa shape index (κ1) is 13.5. The average Bonchev–Trinajstić information content (AvgIpc) is 2.35. The van der Waals surface area contributed by atoms with E-state index in [2.05, 4.69) is 21.2 Å². The van der Waals surface area contributed by atoms with E-state index in [1.807, 2.05) is 13.8 Å². The second kappa shape index (κ2) is 5.36. The fourth-order valence-corrected chi connectivity index (χ4v) is 2.52. The number of rotatable bonds is 1. The lowest BCUT2D eigenvalue weighted by Gasteiger charge is -2.38. The van der Waals surface area contributed by atoms with Gasteiger partial charge in [0.1, 0.15) is 5.82 Å². The number of amides is 1. The van der Waals surface area contributed by atoms with Crippen LogP contribution in [0.4, 0.5) is 4.39 Å². The fraction of sp³-hybridized carbons (Fsp3) is 0.462. The van der Waals surface area contributed by atoms with Gasteiger partial charge < -0.3 is 10.2 Å². The summed E-state index contributed by atoms with van der Waals surface area (Å²) in [5.74, 6) is -0.712. The van der Waals surface area contributed by atoms with Crippen molar-refractivity contribution in [3.63, 3.8) is 0 Å². The van der Waals surface area contributed by atoms with E-state index >= 15 is 0 Å². The summed E-state index contributed by atoms with van der Waals surface area (Å²) in [5.41, 5.74) is 0.130. The largest absolute Gasteiger partial charge is 0.333 e. The van der Waals surface area contributed by atoms with Crippen LogP contribution in [-0.2, 0) is 0 Å². The summed E-state index contributed by atoms with van der Waals surface area (Å²) in [4.78, 5) is 14.1. The van der Waals surface area contributed by atoms with E-state index in [0.29, 0.717) is 11.0 Å². The third-order valence-corrected chi connectivity index (χ3v) is 3.95. The van der Waals surface area contributed by atoms with Crippen LogP contribution in [0.15, 0.2) is 22.7 Å². The molecule has 0 aliphatic carbocycles. The molecule has 2 unspecified atom stereocenters. The molecule has 0 bridgehead atoms. The van der Waals surface area contributed by atoms with Crippen LogP contribution in [-0.4, -0.2) is 36.0 Å². The molecule has 3 nitrogen and oxygen atoms in total. The zero-order valence-corrected chi connectivity index (χ0v) is 12.0. The van der Waals surface area contributed by atoms with Crippen LogP contribution in [0.3, 0.4) is 0 Å². The van der Waals surface area contributed by atoms with Crippen molar-refractivity contribution >= 4 is 21.8 Å². The highest BCUT2D eigenvalue weighted by atomic mass is 79.9. The van der Waals surface area contributed by atoms with Gasteiger partial charge in [0.05, 0.1) is 5.56 Å². The molecule has 5 heteroatoms. The number of nitrogens with one attached hydrogen (secondary N) is 1. The number of piperazine rings is 1. The molecule has 98 valence electrons. The van der Waals surface area contributed by atoms with Crippen molar-refractivity contribution < 1.29 is 9.18 Å². The molecule has 1 aliphatic heterocycles. The zero-order valence-electron chi connectivity index (χ0n) is 10.4. The van der Waals surface area contributed by atoms with Gasteiger partial charge in [0.2, 0.25) is 0 Å². The summed E-state index contributed by atoms with van der Waals surface area (Å²) in [7, 11) is 0. The Hall–Kier alpha value is -0.940.